The fourth-order valence-corrected chi connectivity index (χ4v) is 3.62. The number of hydrogen-bond acceptors (Lipinski definition) is 6. The maximum absolute atomic E-state index is 9.46. The normalized spacial score (nSPS) is 10.9. The van der Waals surface area contributed by atoms with Gasteiger partial charge in [0.25, 0.3) is 0 Å². The number of anilines is 1. The highest BCUT2D eigenvalue weighted by Gasteiger charge is 2.25. The van der Waals surface area contributed by atoms with Crippen LogP contribution < -0.4 is 5.73 Å². The summed E-state index contributed by atoms with van der Waals surface area (Å²) in [7, 11) is 0. The lowest BCUT2D eigenvalue weighted by Crippen LogP contribution is -2.04. The van der Waals surface area contributed by atoms with E-state index in [9.17, 15) is 10.5 Å². The van der Waals surface area contributed by atoms with Crippen molar-refractivity contribution >= 4 is 28.0 Å². The highest BCUT2D eigenvalue weighted by Crippen LogP contribution is 2.37. The fraction of sp³-hybridized carbons (Fsp3) is 0.0455. The number of rotatable bonds is 2. The third-order valence-electron chi connectivity index (χ3n) is 5.02. The van der Waals surface area contributed by atoms with Gasteiger partial charge in [-0.3, -0.25) is 4.57 Å². The number of nitrogen functional groups attached to an aromatic ring is 1. The molecule has 8 nitrogen and oxygen atoms in total. The lowest BCUT2D eigenvalue weighted by Gasteiger charge is -2.10. The Labute approximate surface area is 170 Å². The van der Waals surface area contributed by atoms with Gasteiger partial charge >= 0.3 is 0 Å². The quantitative estimate of drug-likeness (QED) is 0.473. The minimum absolute atomic E-state index is 0.0477. The van der Waals surface area contributed by atoms with Crippen molar-refractivity contribution in [2.24, 2.45) is 0 Å². The second-order valence-corrected chi connectivity index (χ2v) is 6.80. The first-order valence-electron chi connectivity index (χ1n) is 9.15. The Morgan fingerprint density at radius 1 is 0.933 bits per heavy atom. The van der Waals surface area contributed by atoms with Gasteiger partial charge in [0.05, 0.1) is 22.3 Å². The molecule has 0 aliphatic heterocycles. The number of nitrogens with one attached hydrogen (secondary N) is 1. The van der Waals surface area contributed by atoms with Crippen LogP contribution in [0.5, 0.6) is 0 Å². The first kappa shape index (κ1) is 17.4. The molecule has 0 fully saturated rings. The number of hydrogen-bond donors (Lipinski definition) is 2. The summed E-state index contributed by atoms with van der Waals surface area (Å²) in [5.41, 5.74) is 11.3. The standard InChI is InChI=1S/C22H14N8/c1-12-6-2-5-9-17(12)30-20(25)18(21-27-13-7-3-4-8-14(13)28-21)19-22(30)29-16(11-24)15(10-23)26-19/h2-9H,25H2,1H3,(H,27,28). The van der Waals surface area contributed by atoms with Crippen LogP contribution in [0.3, 0.4) is 0 Å². The Hall–Kier alpha value is -4.69. The number of nitriles is 2. The van der Waals surface area contributed by atoms with Crippen molar-refractivity contribution in [1.82, 2.24) is 24.5 Å². The van der Waals surface area contributed by atoms with Crippen molar-refractivity contribution in [1.29, 1.82) is 10.5 Å². The third-order valence-corrected chi connectivity index (χ3v) is 5.02. The van der Waals surface area contributed by atoms with E-state index in [1.165, 1.54) is 0 Å². The van der Waals surface area contributed by atoms with Crippen molar-refractivity contribution in [3.8, 4) is 29.2 Å². The minimum Gasteiger partial charge on any atom is -0.384 e. The van der Waals surface area contributed by atoms with Crippen LogP contribution in [0.2, 0.25) is 0 Å². The van der Waals surface area contributed by atoms with Gasteiger partial charge < -0.3 is 10.7 Å². The van der Waals surface area contributed by atoms with Crippen LogP contribution in [0, 0.1) is 29.6 Å². The second-order valence-electron chi connectivity index (χ2n) is 6.80. The minimum atomic E-state index is -0.0516. The van der Waals surface area contributed by atoms with Crippen LogP contribution in [0.4, 0.5) is 5.82 Å². The summed E-state index contributed by atoms with van der Waals surface area (Å²) >= 11 is 0. The number of aryl methyl sites for hydroxylation is 1. The van der Waals surface area contributed by atoms with Crippen molar-refractivity contribution in [2.45, 2.75) is 6.92 Å². The van der Waals surface area contributed by atoms with Crippen molar-refractivity contribution in [3.63, 3.8) is 0 Å². The molecule has 8 heteroatoms. The summed E-state index contributed by atoms with van der Waals surface area (Å²) in [6.07, 6.45) is 0. The van der Waals surface area contributed by atoms with E-state index in [0.29, 0.717) is 28.4 Å². The first-order chi connectivity index (χ1) is 14.6. The highest BCUT2D eigenvalue weighted by molar-refractivity contribution is 6.00. The van der Waals surface area contributed by atoms with Crippen molar-refractivity contribution < 1.29 is 0 Å². The van der Waals surface area contributed by atoms with E-state index in [0.717, 1.165) is 22.3 Å². The number of nitrogens with two attached hydrogens (primary N) is 1. The molecule has 0 unspecified atom stereocenters. The Balaban J connectivity index is 1.94. The lowest BCUT2D eigenvalue weighted by atomic mass is 10.2. The maximum atomic E-state index is 9.46. The molecule has 5 aromatic rings. The molecule has 0 bridgehead atoms. The monoisotopic (exact) mass is 390 g/mol. The number of aromatic amines is 1. The van der Waals surface area contributed by atoms with Crippen LogP contribution in [-0.4, -0.2) is 24.5 Å². The molecular weight excluding hydrogens is 376 g/mol. The van der Waals surface area contributed by atoms with E-state index in [1.54, 1.807) is 4.57 Å². The average molecular weight is 390 g/mol. The van der Waals surface area contributed by atoms with Gasteiger partial charge in [0, 0.05) is 0 Å². The third kappa shape index (κ3) is 2.42. The highest BCUT2D eigenvalue weighted by atomic mass is 15.1. The molecule has 142 valence electrons. The Kier molecular flexibility index (Phi) is 3.73. The summed E-state index contributed by atoms with van der Waals surface area (Å²) in [6, 6.07) is 19.2. The fourth-order valence-electron chi connectivity index (χ4n) is 3.62. The molecule has 0 amide bonds. The molecule has 0 radical (unpaired) electrons. The van der Waals surface area contributed by atoms with Gasteiger partial charge in [-0.1, -0.05) is 30.3 Å². The summed E-state index contributed by atoms with van der Waals surface area (Å²) in [5.74, 6) is 0.895. The summed E-state index contributed by atoms with van der Waals surface area (Å²) in [5, 5.41) is 18.9. The predicted octanol–water partition coefficient (Wildman–Crippen LogP) is 3.60. The molecule has 0 aliphatic carbocycles. The van der Waals surface area contributed by atoms with Crippen LogP contribution in [0.15, 0.2) is 48.5 Å². The Morgan fingerprint density at radius 2 is 1.63 bits per heavy atom. The van der Waals surface area contributed by atoms with E-state index in [1.807, 2.05) is 67.6 Å². The van der Waals surface area contributed by atoms with Crippen LogP contribution in [-0.2, 0) is 0 Å². The molecule has 0 saturated heterocycles. The largest absolute Gasteiger partial charge is 0.384 e. The van der Waals surface area contributed by atoms with E-state index in [2.05, 4.69) is 19.9 Å². The van der Waals surface area contributed by atoms with Crippen LogP contribution in [0.25, 0.3) is 39.3 Å². The van der Waals surface area contributed by atoms with Gasteiger partial charge in [0.1, 0.15) is 29.3 Å². The number of benzene rings is 2. The van der Waals surface area contributed by atoms with E-state index in [4.69, 9.17) is 5.73 Å². The SMILES string of the molecule is Cc1ccccc1-n1c(N)c(-c2nc3ccccc3[nH]2)c2nc(C#N)c(C#N)nc21. The molecule has 3 aromatic heterocycles. The number of H-pyrrole nitrogens is 1. The Bertz CT molecular complexity index is 1510. The number of nitrogens with zero attached hydrogens (tertiary/aromatic N) is 6. The topological polar surface area (TPSA) is 133 Å². The summed E-state index contributed by atoms with van der Waals surface area (Å²) < 4.78 is 1.75. The molecule has 30 heavy (non-hydrogen) atoms. The van der Waals surface area contributed by atoms with E-state index >= 15 is 0 Å². The smallest absolute Gasteiger partial charge is 0.179 e. The number of fused-ring (bicyclic) bond motifs is 2. The van der Waals surface area contributed by atoms with Crippen molar-refractivity contribution in [2.75, 3.05) is 5.73 Å². The molecule has 2 aromatic carbocycles. The van der Waals surface area contributed by atoms with Gasteiger partial charge in [-0.15, -0.1) is 0 Å². The van der Waals surface area contributed by atoms with Crippen LogP contribution >= 0.6 is 0 Å². The molecule has 3 heterocycles. The molecule has 0 saturated carbocycles. The zero-order valence-corrected chi connectivity index (χ0v) is 15.9. The summed E-state index contributed by atoms with van der Waals surface area (Å²) in [4.78, 5) is 16.8. The van der Waals surface area contributed by atoms with Gasteiger partial charge in [-0.05, 0) is 30.7 Å². The van der Waals surface area contributed by atoms with Crippen molar-refractivity contribution in [3.05, 3.63) is 65.5 Å². The van der Waals surface area contributed by atoms with Gasteiger partial charge in [0.2, 0.25) is 0 Å². The van der Waals surface area contributed by atoms with Crippen LogP contribution in [0.1, 0.15) is 17.0 Å². The molecule has 0 aliphatic rings. The first-order valence-corrected chi connectivity index (χ1v) is 9.15. The number of aromatic nitrogens is 5. The van der Waals surface area contributed by atoms with Gasteiger partial charge in [-0.2, -0.15) is 10.5 Å². The number of para-hydroxylation sites is 3. The zero-order chi connectivity index (χ0) is 20.8. The Morgan fingerprint density at radius 3 is 2.37 bits per heavy atom. The molecule has 0 atom stereocenters. The molecular formula is C22H14N8. The second kappa shape index (κ2) is 6.43. The predicted molar refractivity (Wildman–Crippen MR) is 113 cm³/mol. The summed E-state index contributed by atoms with van der Waals surface area (Å²) in [6.45, 7) is 1.96. The van der Waals surface area contributed by atoms with Gasteiger partial charge in [-0.25, -0.2) is 15.0 Å². The van der Waals surface area contributed by atoms with E-state index < -0.39 is 0 Å². The van der Waals surface area contributed by atoms with E-state index in [-0.39, 0.29) is 11.4 Å². The van der Waals surface area contributed by atoms with Gasteiger partial charge in [0.15, 0.2) is 17.0 Å². The molecule has 3 N–H and O–H groups in total. The lowest BCUT2D eigenvalue weighted by molar-refractivity contribution is 1.07. The zero-order valence-electron chi connectivity index (χ0n) is 15.9. The average Bonchev–Trinajstić information content (AvgIpc) is 3.30. The molecule has 0 spiro atoms. The number of imidazole rings is 1. The molecule has 5 rings (SSSR count). The maximum Gasteiger partial charge on any atom is 0.179 e.